The van der Waals surface area contributed by atoms with E-state index in [1.54, 1.807) is 6.26 Å². The van der Waals surface area contributed by atoms with Crippen LogP contribution in [0.15, 0.2) is 46.1 Å². The van der Waals surface area contributed by atoms with Crippen molar-refractivity contribution < 1.29 is 4.52 Å². The Morgan fingerprint density at radius 1 is 1.22 bits per heavy atom. The number of nitrogens with zero attached hydrogens (tertiary/aromatic N) is 2. The van der Waals surface area contributed by atoms with Gasteiger partial charge in [0.1, 0.15) is 12.0 Å². The standard InChI is InChI=1S/C17H24N4O.HI/c1-4-18-17(20-12-16-9-10-22-21-16)19-11-14(3)15-7-5-13(2)6-8-15;/h5-10,14H,4,11-12H2,1-3H3,(H2,18,19,20);1H. The van der Waals surface area contributed by atoms with Crippen molar-refractivity contribution in [2.24, 2.45) is 4.99 Å². The molecule has 23 heavy (non-hydrogen) atoms. The zero-order valence-corrected chi connectivity index (χ0v) is 16.2. The van der Waals surface area contributed by atoms with Crippen LogP contribution < -0.4 is 10.6 Å². The number of aromatic nitrogens is 1. The summed E-state index contributed by atoms with van der Waals surface area (Å²) in [7, 11) is 0. The van der Waals surface area contributed by atoms with Gasteiger partial charge in [0, 0.05) is 19.2 Å². The highest BCUT2D eigenvalue weighted by atomic mass is 127. The zero-order chi connectivity index (χ0) is 15.8. The summed E-state index contributed by atoms with van der Waals surface area (Å²) in [4.78, 5) is 4.51. The zero-order valence-electron chi connectivity index (χ0n) is 13.9. The fraction of sp³-hybridized carbons (Fsp3) is 0.412. The lowest BCUT2D eigenvalue weighted by Gasteiger charge is -2.16. The van der Waals surface area contributed by atoms with Gasteiger partial charge in [-0.3, -0.25) is 0 Å². The molecular formula is C17H25IN4O. The summed E-state index contributed by atoms with van der Waals surface area (Å²) in [6, 6.07) is 10.5. The first-order chi connectivity index (χ1) is 10.7. The van der Waals surface area contributed by atoms with Crippen LogP contribution in [0.2, 0.25) is 0 Å². The third-order valence-electron chi connectivity index (χ3n) is 3.46. The molecule has 0 aliphatic heterocycles. The Morgan fingerprint density at radius 2 is 1.96 bits per heavy atom. The lowest BCUT2D eigenvalue weighted by Crippen LogP contribution is -2.39. The number of rotatable bonds is 6. The van der Waals surface area contributed by atoms with Crippen molar-refractivity contribution in [1.82, 2.24) is 15.8 Å². The summed E-state index contributed by atoms with van der Waals surface area (Å²) in [5, 5.41) is 10.5. The van der Waals surface area contributed by atoms with Crippen LogP contribution in [0.5, 0.6) is 0 Å². The number of halogens is 1. The van der Waals surface area contributed by atoms with E-state index < -0.39 is 0 Å². The predicted octanol–water partition coefficient (Wildman–Crippen LogP) is 3.46. The van der Waals surface area contributed by atoms with E-state index in [0.717, 1.165) is 24.7 Å². The monoisotopic (exact) mass is 428 g/mol. The normalized spacial score (nSPS) is 12.4. The quantitative estimate of drug-likeness (QED) is 0.420. The number of aliphatic imine (C=N–C) groups is 1. The van der Waals surface area contributed by atoms with Gasteiger partial charge in [-0.1, -0.05) is 41.9 Å². The Hall–Kier alpha value is -1.57. The summed E-state index contributed by atoms with van der Waals surface area (Å²) in [6.07, 6.45) is 1.56. The van der Waals surface area contributed by atoms with E-state index in [0.29, 0.717) is 12.5 Å². The van der Waals surface area contributed by atoms with Gasteiger partial charge in [0.05, 0.1) is 6.54 Å². The fourth-order valence-electron chi connectivity index (χ4n) is 2.08. The fourth-order valence-corrected chi connectivity index (χ4v) is 2.08. The number of nitrogens with one attached hydrogen (secondary N) is 2. The van der Waals surface area contributed by atoms with Crippen LogP contribution in [-0.2, 0) is 6.54 Å². The number of aryl methyl sites for hydroxylation is 1. The number of hydrogen-bond acceptors (Lipinski definition) is 3. The molecular weight excluding hydrogens is 403 g/mol. The van der Waals surface area contributed by atoms with Gasteiger partial charge < -0.3 is 15.2 Å². The molecule has 2 rings (SSSR count). The van der Waals surface area contributed by atoms with Crippen molar-refractivity contribution in [2.45, 2.75) is 33.2 Å². The molecule has 0 amide bonds. The van der Waals surface area contributed by atoms with Crippen LogP contribution in [-0.4, -0.2) is 24.2 Å². The molecule has 0 saturated heterocycles. The molecule has 1 atom stereocenters. The molecule has 1 aromatic heterocycles. The molecule has 1 aromatic carbocycles. The molecule has 0 fully saturated rings. The van der Waals surface area contributed by atoms with Crippen LogP contribution >= 0.6 is 24.0 Å². The van der Waals surface area contributed by atoms with Gasteiger partial charge >= 0.3 is 0 Å². The summed E-state index contributed by atoms with van der Waals surface area (Å²) < 4.78 is 4.81. The molecule has 0 saturated carbocycles. The van der Waals surface area contributed by atoms with E-state index in [1.807, 2.05) is 6.07 Å². The van der Waals surface area contributed by atoms with Crippen molar-refractivity contribution in [3.8, 4) is 0 Å². The second kappa shape index (κ2) is 10.3. The minimum absolute atomic E-state index is 0. The highest BCUT2D eigenvalue weighted by molar-refractivity contribution is 14.0. The molecule has 6 heteroatoms. The largest absolute Gasteiger partial charge is 0.364 e. The van der Waals surface area contributed by atoms with Crippen LogP contribution in [0.3, 0.4) is 0 Å². The SMILES string of the molecule is CCNC(=NCc1ccon1)NCC(C)c1ccc(C)cc1.I. The predicted molar refractivity (Wildman–Crippen MR) is 104 cm³/mol. The first kappa shape index (κ1) is 19.5. The molecule has 0 bridgehead atoms. The minimum Gasteiger partial charge on any atom is -0.364 e. The highest BCUT2D eigenvalue weighted by Crippen LogP contribution is 2.14. The third kappa shape index (κ3) is 6.60. The van der Waals surface area contributed by atoms with E-state index >= 15 is 0 Å². The molecule has 2 N–H and O–H groups in total. The van der Waals surface area contributed by atoms with Crippen LogP contribution in [0.4, 0.5) is 0 Å². The van der Waals surface area contributed by atoms with Gasteiger partial charge in [-0.25, -0.2) is 4.99 Å². The lowest BCUT2D eigenvalue weighted by atomic mass is 10.0. The summed E-state index contributed by atoms with van der Waals surface area (Å²) >= 11 is 0. The van der Waals surface area contributed by atoms with Crippen molar-refractivity contribution in [2.75, 3.05) is 13.1 Å². The van der Waals surface area contributed by atoms with E-state index in [-0.39, 0.29) is 24.0 Å². The first-order valence-corrected chi connectivity index (χ1v) is 7.67. The number of benzene rings is 1. The smallest absolute Gasteiger partial charge is 0.191 e. The molecule has 0 aliphatic carbocycles. The van der Waals surface area contributed by atoms with Crippen molar-refractivity contribution in [3.05, 3.63) is 53.4 Å². The Balaban J connectivity index is 0.00000264. The van der Waals surface area contributed by atoms with E-state index in [9.17, 15) is 0 Å². The van der Waals surface area contributed by atoms with Crippen LogP contribution in [0.25, 0.3) is 0 Å². The summed E-state index contributed by atoms with van der Waals surface area (Å²) in [5.74, 6) is 1.21. The maximum absolute atomic E-state index is 4.81. The number of hydrogen-bond donors (Lipinski definition) is 2. The van der Waals surface area contributed by atoms with Gasteiger partial charge in [0.25, 0.3) is 0 Å². The third-order valence-corrected chi connectivity index (χ3v) is 3.46. The molecule has 126 valence electrons. The Bertz CT molecular complexity index is 581. The van der Waals surface area contributed by atoms with E-state index in [2.05, 4.69) is 65.8 Å². The summed E-state index contributed by atoms with van der Waals surface area (Å²) in [5.41, 5.74) is 3.43. The molecule has 2 aromatic rings. The molecule has 1 heterocycles. The Labute approximate surface area is 155 Å². The van der Waals surface area contributed by atoms with Gasteiger partial charge in [-0.15, -0.1) is 24.0 Å². The van der Waals surface area contributed by atoms with Gasteiger partial charge in [-0.2, -0.15) is 0 Å². The maximum Gasteiger partial charge on any atom is 0.191 e. The molecule has 5 nitrogen and oxygen atoms in total. The average Bonchev–Trinajstić information content (AvgIpc) is 3.04. The Morgan fingerprint density at radius 3 is 2.57 bits per heavy atom. The topological polar surface area (TPSA) is 62.5 Å². The minimum atomic E-state index is 0. The van der Waals surface area contributed by atoms with Crippen LogP contribution in [0.1, 0.15) is 36.6 Å². The second-order valence-electron chi connectivity index (χ2n) is 5.38. The average molecular weight is 428 g/mol. The Kier molecular flexibility index (Phi) is 8.68. The summed E-state index contributed by atoms with van der Waals surface area (Å²) in [6.45, 7) is 8.52. The van der Waals surface area contributed by atoms with E-state index in [1.165, 1.54) is 11.1 Å². The van der Waals surface area contributed by atoms with Crippen molar-refractivity contribution in [1.29, 1.82) is 0 Å². The van der Waals surface area contributed by atoms with Gasteiger partial charge in [0.2, 0.25) is 0 Å². The first-order valence-electron chi connectivity index (χ1n) is 7.67. The van der Waals surface area contributed by atoms with Gasteiger partial charge in [-0.05, 0) is 25.3 Å². The van der Waals surface area contributed by atoms with Crippen LogP contribution in [0, 0.1) is 6.92 Å². The highest BCUT2D eigenvalue weighted by Gasteiger charge is 2.06. The van der Waals surface area contributed by atoms with E-state index in [4.69, 9.17) is 4.52 Å². The lowest BCUT2D eigenvalue weighted by molar-refractivity contribution is 0.412. The second-order valence-corrected chi connectivity index (χ2v) is 5.38. The molecule has 0 spiro atoms. The molecule has 0 radical (unpaired) electrons. The maximum atomic E-state index is 4.81. The molecule has 0 aliphatic rings. The molecule has 1 unspecified atom stereocenters. The number of guanidine groups is 1. The van der Waals surface area contributed by atoms with Crippen molar-refractivity contribution in [3.63, 3.8) is 0 Å². The van der Waals surface area contributed by atoms with Crippen molar-refractivity contribution >= 4 is 29.9 Å². The van der Waals surface area contributed by atoms with Gasteiger partial charge in [0.15, 0.2) is 5.96 Å².